The van der Waals surface area contributed by atoms with Gasteiger partial charge in [-0.1, -0.05) is 138 Å². The maximum absolute atomic E-state index is 11.4. The molecule has 240 valence electrons. The minimum atomic E-state index is 0.121. The third-order valence-corrected chi connectivity index (χ3v) is 8.09. The fourth-order valence-electron chi connectivity index (χ4n) is 4.34. The van der Waals surface area contributed by atoms with Gasteiger partial charge >= 0.3 is 0 Å². The summed E-state index contributed by atoms with van der Waals surface area (Å²) < 4.78 is 0. The van der Waals surface area contributed by atoms with E-state index < -0.39 is 0 Å². The van der Waals surface area contributed by atoms with E-state index in [1.54, 1.807) is 13.8 Å². The highest BCUT2D eigenvalue weighted by atomic mass is 16.1. The Hall–Kier alpha value is -4.24. The van der Waals surface area contributed by atoms with Crippen LogP contribution in [0.15, 0.2) is 110 Å². The SMILES string of the molecule is C=CCC.CC(=O)c1cccc(-c2ccccc2)c1C.CC1CCC1C.CCc1ccc(C(C)=O)cc1.Cc1ccccc1N. The van der Waals surface area contributed by atoms with E-state index in [9.17, 15) is 9.59 Å². The zero-order valence-corrected chi connectivity index (χ0v) is 28.9. The maximum Gasteiger partial charge on any atom is 0.160 e. The lowest BCUT2D eigenvalue weighted by Crippen LogP contribution is -2.18. The number of para-hydroxylation sites is 1. The summed E-state index contributed by atoms with van der Waals surface area (Å²) in [6, 6.07) is 31.6. The van der Waals surface area contributed by atoms with Gasteiger partial charge in [-0.2, -0.15) is 0 Å². The van der Waals surface area contributed by atoms with Crippen LogP contribution < -0.4 is 5.73 Å². The summed E-state index contributed by atoms with van der Waals surface area (Å²) in [5.41, 5.74) is 13.8. The second-order valence-corrected chi connectivity index (χ2v) is 11.6. The molecule has 3 nitrogen and oxygen atoms in total. The normalized spacial score (nSPS) is 14.1. The summed E-state index contributed by atoms with van der Waals surface area (Å²) >= 11 is 0. The Morgan fingerprint density at radius 2 is 1.29 bits per heavy atom. The highest BCUT2D eigenvalue weighted by molar-refractivity contribution is 5.97. The van der Waals surface area contributed by atoms with E-state index in [4.69, 9.17) is 5.73 Å². The van der Waals surface area contributed by atoms with Crippen molar-refractivity contribution in [2.75, 3.05) is 5.73 Å². The number of ketones is 2. The topological polar surface area (TPSA) is 60.2 Å². The van der Waals surface area contributed by atoms with Gasteiger partial charge in [0.25, 0.3) is 0 Å². The van der Waals surface area contributed by atoms with Gasteiger partial charge < -0.3 is 5.73 Å². The van der Waals surface area contributed by atoms with E-state index in [1.807, 2.05) is 98.8 Å². The van der Waals surface area contributed by atoms with Crippen molar-refractivity contribution in [2.45, 2.75) is 81.1 Å². The van der Waals surface area contributed by atoms with Crippen molar-refractivity contribution in [2.24, 2.45) is 11.8 Å². The second kappa shape index (κ2) is 21.5. The third kappa shape index (κ3) is 14.4. The molecule has 0 spiro atoms. The van der Waals surface area contributed by atoms with Gasteiger partial charge in [0, 0.05) is 16.8 Å². The van der Waals surface area contributed by atoms with Crippen LogP contribution in [0.2, 0.25) is 0 Å². The average Bonchev–Trinajstić information content (AvgIpc) is 3.06. The Morgan fingerprint density at radius 1 is 0.756 bits per heavy atom. The minimum absolute atomic E-state index is 0.121. The van der Waals surface area contributed by atoms with Crippen molar-refractivity contribution in [3.63, 3.8) is 0 Å². The Bertz CT molecular complexity index is 1410. The number of nitrogen functional groups attached to an aromatic ring is 1. The van der Waals surface area contributed by atoms with E-state index in [0.717, 1.165) is 63.7 Å². The second-order valence-electron chi connectivity index (χ2n) is 11.6. The Balaban J connectivity index is 0.000000304. The molecule has 0 heterocycles. The van der Waals surface area contributed by atoms with Crippen LogP contribution in [0.25, 0.3) is 11.1 Å². The first-order chi connectivity index (χ1) is 21.5. The number of hydrogen-bond acceptors (Lipinski definition) is 3. The molecular weight excluding hydrogens is 550 g/mol. The predicted octanol–water partition coefficient (Wildman–Crippen LogP) is 11.5. The van der Waals surface area contributed by atoms with Crippen LogP contribution >= 0.6 is 0 Å². The molecule has 1 saturated carbocycles. The number of anilines is 1. The molecule has 45 heavy (non-hydrogen) atoms. The first kappa shape index (κ1) is 38.8. The van der Waals surface area contributed by atoms with Gasteiger partial charge in [0.05, 0.1) is 0 Å². The quantitative estimate of drug-likeness (QED) is 0.140. The number of carbonyl (C=O) groups is 2. The van der Waals surface area contributed by atoms with Crippen LogP contribution in [-0.2, 0) is 6.42 Å². The predicted molar refractivity (Wildman–Crippen MR) is 196 cm³/mol. The summed E-state index contributed by atoms with van der Waals surface area (Å²) in [5.74, 6) is 2.32. The van der Waals surface area contributed by atoms with Gasteiger partial charge in [0.15, 0.2) is 11.6 Å². The minimum Gasteiger partial charge on any atom is -0.399 e. The number of aryl methyl sites for hydroxylation is 2. The zero-order chi connectivity index (χ0) is 33.8. The van der Waals surface area contributed by atoms with E-state index in [0.29, 0.717) is 0 Å². The van der Waals surface area contributed by atoms with Crippen molar-refractivity contribution in [3.05, 3.63) is 138 Å². The number of benzene rings is 4. The van der Waals surface area contributed by atoms with Crippen molar-refractivity contribution < 1.29 is 9.59 Å². The summed E-state index contributed by atoms with van der Waals surface area (Å²) in [7, 11) is 0. The fraction of sp³-hybridized carbons (Fsp3) is 0.333. The van der Waals surface area contributed by atoms with Gasteiger partial charge in [-0.05, 0) is 86.3 Å². The molecule has 1 aliphatic rings. The van der Waals surface area contributed by atoms with Crippen molar-refractivity contribution in [1.82, 2.24) is 0 Å². The molecule has 2 N–H and O–H groups in total. The lowest BCUT2D eigenvalue weighted by molar-refractivity contribution is 0.100. The largest absolute Gasteiger partial charge is 0.399 e. The van der Waals surface area contributed by atoms with Crippen LogP contribution in [0, 0.1) is 25.7 Å². The smallest absolute Gasteiger partial charge is 0.160 e. The van der Waals surface area contributed by atoms with Crippen LogP contribution in [0.5, 0.6) is 0 Å². The molecule has 2 atom stereocenters. The molecule has 0 amide bonds. The Morgan fingerprint density at radius 3 is 1.67 bits per heavy atom. The van der Waals surface area contributed by atoms with Crippen molar-refractivity contribution in [3.8, 4) is 11.1 Å². The Kier molecular flexibility index (Phi) is 18.5. The van der Waals surface area contributed by atoms with Crippen LogP contribution in [0.4, 0.5) is 5.69 Å². The molecule has 1 fully saturated rings. The first-order valence-electron chi connectivity index (χ1n) is 16.1. The third-order valence-electron chi connectivity index (χ3n) is 8.09. The van der Waals surface area contributed by atoms with Gasteiger partial charge in [-0.15, -0.1) is 6.58 Å². The molecule has 3 heteroatoms. The van der Waals surface area contributed by atoms with Crippen molar-refractivity contribution >= 4 is 17.3 Å². The number of allylic oxidation sites excluding steroid dienone is 1. The van der Waals surface area contributed by atoms with Gasteiger partial charge in [-0.3, -0.25) is 9.59 Å². The first-order valence-corrected chi connectivity index (χ1v) is 16.1. The molecule has 0 saturated heterocycles. The molecule has 5 rings (SSSR count). The fourth-order valence-corrected chi connectivity index (χ4v) is 4.34. The van der Waals surface area contributed by atoms with Crippen molar-refractivity contribution in [1.29, 1.82) is 0 Å². The summed E-state index contributed by atoms with van der Waals surface area (Å²) in [5, 5.41) is 0. The monoisotopic (exact) mass is 605 g/mol. The molecule has 0 bridgehead atoms. The van der Waals surface area contributed by atoms with E-state index in [1.165, 1.54) is 18.4 Å². The van der Waals surface area contributed by atoms with Gasteiger partial charge in [0.1, 0.15) is 0 Å². The highest BCUT2D eigenvalue weighted by Gasteiger charge is 2.20. The number of nitrogens with two attached hydrogens (primary N) is 1. The van der Waals surface area contributed by atoms with E-state index in [-0.39, 0.29) is 11.6 Å². The summed E-state index contributed by atoms with van der Waals surface area (Å²) in [6.07, 6.45) is 6.93. The highest BCUT2D eigenvalue weighted by Crippen LogP contribution is 2.32. The zero-order valence-electron chi connectivity index (χ0n) is 28.9. The van der Waals surface area contributed by atoms with Gasteiger partial charge in [0.2, 0.25) is 0 Å². The van der Waals surface area contributed by atoms with E-state index in [2.05, 4.69) is 52.5 Å². The molecule has 0 aromatic heterocycles. The number of carbonyl (C=O) groups excluding carboxylic acids is 2. The average molecular weight is 606 g/mol. The van der Waals surface area contributed by atoms with Crippen LogP contribution in [0.1, 0.15) is 98.2 Å². The molecule has 2 unspecified atom stereocenters. The molecule has 1 aliphatic carbocycles. The number of Topliss-reactive ketones (excluding diaryl/α,β-unsaturated/α-hetero) is 2. The standard InChI is InChI=1S/C15H14O.C10H12O.C7H9N.C6H12.C4H8/c1-11-14(12(2)16)9-6-10-15(11)13-7-4-3-5-8-13;1-3-9-4-6-10(7-5-9)8(2)11;1-6-4-2-3-5-7(6)8;1-5-3-4-6(5)2;1-3-4-2/h3-10H,1-2H3;4-7H,3H2,1-2H3;2-5H,8H2,1H3;5-6H,3-4H2,1-2H3;3H,1,4H2,2H3. The number of rotatable bonds is 5. The van der Waals surface area contributed by atoms with E-state index >= 15 is 0 Å². The van der Waals surface area contributed by atoms with Gasteiger partial charge in [-0.25, -0.2) is 0 Å². The molecule has 4 aromatic rings. The van der Waals surface area contributed by atoms with Crippen LogP contribution in [0.3, 0.4) is 0 Å². The van der Waals surface area contributed by atoms with Crippen LogP contribution in [-0.4, -0.2) is 11.6 Å². The summed E-state index contributed by atoms with van der Waals surface area (Å²) in [4.78, 5) is 22.3. The summed E-state index contributed by atoms with van der Waals surface area (Å²) in [6.45, 7) is 19.5. The lowest BCUT2D eigenvalue weighted by Gasteiger charge is -2.29. The lowest BCUT2D eigenvalue weighted by atomic mass is 9.77. The Labute approximate surface area is 273 Å². The maximum atomic E-state index is 11.4. The molecule has 0 aliphatic heterocycles. The molecular formula is C42H55NO2. The molecule has 0 radical (unpaired) electrons. The molecule has 4 aromatic carbocycles. The number of hydrogen-bond donors (Lipinski definition) is 1.